The van der Waals surface area contributed by atoms with Gasteiger partial charge in [-0.25, -0.2) is 0 Å². The molecule has 3 nitrogen and oxygen atoms in total. The fourth-order valence-corrected chi connectivity index (χ4v) is 2.47. The van der Waals surface area contributed by atoms with Crippen molar-refractivity contribution in [3.63, 3.8) is 0 Å². The summed E-state index contributed by atoms with van der Waals surface area (Å²) in [5.74, 6) is 0. The van der Waals surface area contributed by atoms with Gasteiger partial charge in [0.1, 0.15) is 0 Å². The third-order valence-electron chi connectivity index (χ3n) is 3.76. The predicted molar refractivity (Wildman–Crippen MR) is 89.2 cm³/mol. The fourth-order valence-electron chi connectivity index (χ4n) is 2.36. The number of halogens is 1. The first-order valence-electron chi connectivity index (χ1n) is 7.59. The Morgan fingerprint density at radius 2 is 1.60 bits per heavy atom. The summed E-state index contributed by atoms with van der Waals surface area (Å²) in [4.78, 5) is 4.92. The minimum Gasteiger partial charge on any atom is -0.398 e. The summed E-state index contributed by atoms with van der Waals surface area (Å²) in [6, 6.07) is 5.93. The molecule has 114 valence electrons. The fraction of sp³-hybridized carbons (Fsp3) is 0.625. The van der Waals surface area contributed by atoms with Gasteiger partial charge in [-0.15, -0.1) is 0 Å². The Bertz CT molecular complexity index is 391. The zero-order valence-corrected chi connectivity index (χ0v) is 13.8. The monoisotopic (exact) mass is 297 g/mol. The Labute approximate surface area is 128 Å². The maximum absolute atomic E-state index is 5.96. The standard InChI is InChI=1S/C16H28ClN3/c1-4-19(5-2)10-7-11-20(6-3)13-14-8-9-15(17)16(18)12-14/h8-9,12H,4-7,10-11,13,18H2,1-3H3. The van der Waals surface area contributed by atoms with Gasteiger partial charge in [0.2, 0.25) is 0 Å². The second kappa shape index (κ2) is 9.22. The van der Waals surface area contributed by atoms with Gasteiger partial charge in [0.15, 0.2) is 0 Å². The Hall–Kier alpha value is -0.770. The molecule has 0 bridgehead atoms. The minimum absolute atomic E-state index is 0.637. The lowest BCUT2D eigenvalue weighted by atomic mass is 10.2. The molecule has 0 atom stereocenters. The highest BCUT2D eigenvalue weighted by Gasteiger charge is 2.06. The van der Waals surface area contributed by atoms with Crippen LogP contribution in [0.5, 0.6) is 0 Å². The molecular weight excluding hydrogens is 270 g/mol. The quantitative estimate of drug-likeness (QED) is 0.708. The molecule has 1 rings (SSSR count). The summed E-state index contributed by atoms with van der Waals surface area (Å²) in [6.45, 7) is 13.2. The minimum atomic E-state index is 0.637. The van der Waals surface area contributed by atoms with Crippen molar-refractivity contribution in [2.45, 2.75) is 33.7 Å². The summed E-state index contributed by atoms with van der Waals surface area (Å²) in [7, 11) is 0. The number of nitrogens with zero attached hydrogens (tertiary/aromatic N) is 2. The molecule has 2 N–H and O–H groups in total. The second-order valence-corrected chi connectivity index (χ2v) is 5.51. The predicted octanol–water partition coefficient (Wildman–Crippen LogP) is 3.48. The summed E-state index contributed by atoms with van der Waals surface area (Å²) in [6.07, 6.45) is 1.21. The van der Waals surface area contributed by atoms with Crippen LogP contribution < -0.4 is 5.73 Å². The Kier molecular flexibility index (Phi) is 7.97. The highest BCUT2D eigenvalue weighted by atomic mass is 35.5. The van der Waals surface area contributed by atoms with Gasteiger partial charge >= 0.3 is 0 Å². The molecule has 0 aromatic heterocycles. The number of rotatable bonds is 9. The highest BCUT2D eigenvalue weighted by molar-refractivity contribution is 6.33. The van der Waals surface area contributed by atoms with Crippen LogP contribution in [0.4, 0.5) is 5.69 Å². The number of benzene rings is 1. The van der Waals surface area contributed by atoms with Gasteiger partial charge in [0.05, 0.1) is 10.7 Å². The van der Waals surface area contributed by atoms with Crippen LogP contribution in [0, 0.1) is 0 Å². The molecule has 0 heterocycles. The van der Waals surface area contributed by atoms with Crippen LogP contribution in [0.25, 0.3) is 0 Å². The lowest BCUT2D eigenvalue weighted by Crippen LogP contribution is -2.29. The van der Waals surface area contributed by atoms with Crippen molar-refractivity contribution in [2.75, 3.05) is 38.5 Å². The number of hydrogen-bond acceptors (Lipinski definition) is 3. The number of anilines is 1. The molecule has 0 amide bonds. The van der Waals surface area contributed by atoms with Crippen LogP contribution >= 0.6 is 11.6 Å². The van der Waals surface area contributed by atoms with Crippen molar-refractivity contribution in [3.8, 4) is 0 Å². The summed E-state index contributed by atoms with van der Waals surface area (Å²) in [5, 5.41) is 0.637. The molecule has 0 fully saturated rings. The third kappa shape index (κ3) is 5.70. The lowest BCUT2D eigenvalue weighted by molar-refractivity contribution is 0.238. The van der Waals surface area contributed by atoms with E-state index in [1.165, 1.54) is 18.5 Å². The number of hydrogen-bond donors (Lipinski definition) is 1. The van der Waals surface area contributed by atoms with E-state index in [1.807, 2.05) is 12.1 Å². The first-order valence-corrected chi connectivity index (χ1v) is 7.97. The summed E-state index contributed by atoms with van der Waals surface area (Å²) < 4.78 is 0. The number of nitrogens with two attached hydrogens (primary N) is 1. The van der Waals surface area contributed by atoms with Crippen LogP contribution in [0.1, 0.15) is 32.8 Å². The molecule has 0 aliphatic heterocycles. The van der Waals surface area contributed by atoms with E-state index in [0.29, 0.717) is 10.7 Å². The first kappa shape index (κ1) is 17.3. The molecule has 0 spiro atoms. The Morgan fingerprint density at radius 1 is 1.00 bits per heavy atom. The molecule has 0 aliphatic carbocycles. The Morgan fingerprint density at radius 3 is 2.15 bits per heavy atom. The zero-order valence-electron chi connectivity index (χ0n) is 13.0. The Balaban J connectivity index is 2.44. The molecule has 0 radical (unpaired) electrons. The van der Waals surface area contributed by atoms with Crippen molar-refractivity contribution < 1.29 is 0 Å². The van der Waals surface area contributed by atoms with E-state index in [-0.39, 0.29) is 0 Å². The lowest BCUT2D eigenvalue weighted by Gasteiger charge is -2.23. The summed E-state index contributed by atoms with van der Waals surface area (Å²) in [5.41, 5.74) is 7.76. The molecule has 4 heteroatoms. The van der Waals surface area contributed by atoms with E-state index in [2.05, 4.69) is 36.6 Å². The molecular formula is C16H28ClN3. The van der Waals surface area contributed by atoms with Gasteiger partial charge < -0.3 is 10.6 Å². The van der Waals surface area contributed by atoms with Gasteiger partial charge in [0, 0.05) is 6.54 Å². The van der Waals surface area contributed by atoms with Crippen LogP contribution in [-0.4, -0.2) is 42.5 Å². The van der Waals surface area contributed by atoms with Crippen LogP contribution in [0.15, 0.2) is 18.2 Å². The molecule has 1 aromatic carbocycles. The maximum Gasteiger partial charge on any atom is 0.0635 e. The van der Waals surface area contributed by atoms with Gasteiger partial charge in [-0.1, -0.05) is 38.4 Å². The average molecular weight is 298 g/mol. The first-order chi connectivity index (χ1) is 9.60. The smallest absolute Gasteiger partial charge is 0.0635 e. The van der Waals surface area contributed by atoms with E-state index in [1.54, 1.807) is 0 Å². The van der Waals surface area contributed by atoms with Gasteiger partial charge in [-0.3, -0.25) is 4.90 Å². The normalized spacial score (nSPS) is 11.5. The van der Waals surface area contributed by atoms with Gasteiger partial charge in [-0.05, 0) is 56.8 Å². The molecule has 0 aliphatic rings. The van der Waals surface area contributed by atoms with Crippen LogP contribution in [-0.2, 0) is 6.54 Å². The van der Waals surface area contributed by atoms with Crippen molar-refractivity contribution in [2.24, 2.45) is 0 Å². The number of nitrogen functional groups attached to an aromatic ring is 1. The SMILES string of the molecule is CCN(CC)CCCN(CC)Cc1ccc(Cl)c(N)c1. The highest BCUT2D eigenvalue weighted by Crippen LogP contribution is 2.20. The zero-order chi connectivity index (χ0) is 15.0. The van der Waals surface area contributed by atoms with Gasteiger partial charge in [0.25, 0.3) is 0 Å². The third-order valence-corrected chi connectivity index (χ3v) is 4.10. The van der Waals surface area contributed by atoms with Crippen molar-refractivity contribution in [3.05, 3.63) is 28.8 Å². The van der Waals surface area contributed by atoms with E-state index in [4.69, 9.17) is 17.3 Å². The van der Waals surface area contributed by atoms with Crippen molar-refractivity contribution in [1.29, 1.82) is 0 Å². The van der Waals surface area contributed by atoms with Crippen molar-refractivity contribution in [1.82, 2.24) is 9.80 Å². The van der Waals surface area contributed by atoms with Gasteiger partial charge in [-0.2, -0.15) is 0 Å². The van der Waals surface area contributed by atoms with E-state index in [0.717, 1.165) is 32.7 Å². The maximum atomic E-state index is 5.96. The molecule has 0 saturated heterocycles. The largest absolute Gasteiger partial charge is 0.398 e. The van der Waals surface area contributed by atoms with Crippen LogP contribution in [0.2, 0.25) is 5.02 Å². The van der Waals surface area contributed by atoms with E-state index >= 15 is 0 Å². The van der Waals surface area contributed by atoms with E-state index < -0.39 is 0 Å². The van der Waals surface area contributed by atoms with Crippen molar-refractivity contribution >= 4 is 17.3 Å². The molecule has 1 aromatic rings. The molecule has 20 heavy (non-hydrogen) atoms. The van der Waals surface area contributed by atoms with E-state index in [9.17, 15) is 0 Å². The molecule has 0 unspecified atom stereocenters. The van der Waals surface area contributed by atoms with Crippen LogP contribution in [0.3, 0.4) is 0 Å². The summed E-state index contributed by atoms with van der Waals surface area (Å²) >= 11 is 5.96. The topological polar surface area (TPSA) is 32.5 Å². The second-order valence-electron chi connectivity index (χ2n) is 5.11. The molecule has 0 saturated carbocycles. The average Bonchev–Trinajstić information content (AvgIpc) is 2.46.